The Labute approximate surface area is 155 Å². The fourth-order valence-electron chi connectivity index (χ4n) is 2.78. The van der Waals surface area contributed by atoms with Crippen molar-refractivity contribution in [2.24, 2.45) is 0 Å². The number of nitrogen functional groups attached to an aromatic ring is 1. The summed E-state index contributed by atoms with van der Waals surface area (Å²) in [7, 11) is -3.53. The number of imidazole rings is 1. The molecule has 0 amide bonds. The Hall–Kier alpha value is -1.88. The number of nitrogens with zero attached hydrogens (tertiary/aromatic N) is 4. The van der Waals surface area contributed by atoms with Crippen molar-refractivity contribution in [2.75, 3.05) is 25.6 Å². The van der Waals surface area contributed by atoms with Crippen LogP contribution in [0.15, 0.2) is 24.5 Å². The maximum Gasteiger partial charge on any atom is 0.353 e. The van der Waals surface area contributed by atoms with E-state index in [0.717, 1.165) is 5.82 Å². The first-order valence-corrected chi connectivity index (χ1v) is 9.99. The first kappa shape index (κ1) is 19.9. The van der Waals surface area contributed by atoms with Gasteiger partial charge in [0.25, 0.3) is 0 Å². The Balaban J connectivity index is 1.86. The first-order valence-electron chi connectivity index (χ1n) is 8.38. The first-order chi connectivity index (χ1) is 12.8. The largest absolute Gasteiger partial charge is 0.385 e. The molecule has 4 N–H and O–H groups in total. The second kappa shape index (κ2) is 7.63. The van der Waals surface area contributed by atoms with Crippen LogP contribution in [0.4, 0.5) is 5.82 Å². The van der Waals surface area contributed by atoms with Crippen molar-refractivity contribution >= 4 is 24.6 Å². The van der Waals surface area contributed by atoms with Crippen molar-refractivity contribution in [3.63, 3.8) is 0 Å². The minimum Gasteiger partial charge on any atom is -0.385 e. The SMILES string of the molecule is CCOP(=O)(/C=C/[C@@]1(O)CO[C@@H](n2cnc3c(N)ncnc32)[C@@H]1O)OCC. The highest BCUT2D eigenvalue weighted by Crippen LogP contribution is 2.50. The van der Waals surface area contributed by atoms with Crippen molar-refractivity contribution in [2.45, 2.75) is 31.8 Å². The predicted octanol–water partition coefficient (Wildman–Crippen LogP) is 0.809. The molecule has 27 heavy (non-hydrogen) atoms. The molecule has 12 heteroatoms. The van der Waals surface area contributed by atoms with Gasteiger partial charge in [0.2, 0.25) is 0 Å². The zero-order valence-electron chi connectivity index (χ0n) is 14.9. The summed E-state index contributed by atoms with van der Waals surface area (Å²) >= 11 is 0. The number of fused-ring (bicyclic) bond motifs is 1. The van der Waals surface area contributed by atoms with Crippen LogP contribution in [0.2, 0.25) is 0 Å². The third kappa shape index (κ3) is 3.75. The average molecular weight is 399 g/mol. The lowest BCUT2D eigenvalue weighted by Crippen LogP contribution is -2.40. The van der Waals surface area contributed by atoms with Crippen LogP contribution in [0.3, 0.4) is 0 Å². The molecule has 1 fully saturated rings. The number of aromatic nitrogens is 4. The molecule has 0 aliphatic carbocycles. The molecule has 0 bridgehead atoms. The number of aliphatic hydroxyl groups is 2. The van der Waals surface area contributed by atoms with Gasteiger partial charge in [-0.3, -0.25) is 9.13 Å². The van der Waals surface area contributed by atoms with E-state index in [9.17, 15) is 14.8 Å². The van der Waals surface area contributed by atoms with Crippen LogP contribution in [0.25, 0.3) is 11.2 Å². The Morgan fingerprint density at radius 1 is 1.41 bits per heavy atom. The summed E-state index contributed by atoms with van der Waals surface area (Å²) in [6.07, 6.45) is 1.48. The molecule has 2 aromatic heterocycles. The van der Waals surface area contributed by atoms with Crippen LogP contribution < -0.4 is 5.73 Å². The molecule has 0 unspecified atom stereocenters. The number of hydrogen-bond acceptors (Lipinski definition) is 10. The zero-order chi connectivity index (χ0) is 19.7. The number of aliphatic hydroxyl groups excluding tert-OH is 1. The Bertz CT molecular complexity index is 879. The summed E-state index contributed by atoms with van der Waals surface area (Å²) in [5.74, 6) is 1.33. The van der Waals surface area contributed by atoms with E-state index in [-0.39, 0.29) is 25.6 Å². The maximum absolute atomic E-state index is 12.5. The molecule has 2 aromatic rings. The summed E-state index contributed by atoms with van der Waals surface area (Å²) in [4.78, 5) is 12.1. The van der Waals surface area contributed by atoms with E-state index in [1.165, 1.54) is 23.3 Å². The van der Waals surface area contributed by atoms with Crippen molar-refractivity contribution in [3.05, 3.63) is 24.5 Å². The van der Waals surface area contributed by atoms with Gasteiger partial charge in [0.05, 0.1) is 26.1 Å². The second-order valence-electron chi connectivity index (χ2n) is 5.91. The molecule has 0 radical (unpaired) electrons. The van der Waals surface area contributed by atoms with E-state index < -0.39 is 25.5 Å². The topological polar surface area (TPSA) is 155 Å². The molecule has 1 aliphatic rings. The van der Waals surface area contributed by atoms with E-state index >= 15 is 0 Å². The molecular weight excluding hydrogens is 377 g/mol. The molecule has 0 saturated carbocycles. The van der Waals surface area contributed by atoms with E-state index in [1.807, 2.05) is 0 Å². The van der Waals surface area contributed by atoms with E-state index in [2.05, 4.69) is 15.0 Å². The van der Waals surface area contributed by atoms with E-state index in [4.69, 9.17) is 19.5 Å². The van der Waals surface area contributed by atoms with Crippen LogP contribution in [-0.4, -0.2) is 61.3 Å². The molecule has 3 heterocycles. The highest BCUT2D eigenvalue weighted by Gasteiger charge is 2.48. The summed E-state index contributed by atoms with van der Waals surface area (Å²) < 4.78 is 29.8. The van der Waals surface area contributed by atoms with Crippen LogP contribution in [0.1, 0.15) is 20.1 Å². The number of hydrogen-bond donors (Lipinski definition) is 3. The number of ether oxygens (including phenoxy) is 1. The monoisotopic (exact) mass is 399 g/mol. The normalized spacial score (nSPS) is 26.4. The summed E-state index contributed by atoms with van der Waals surface area (Å²) in [5, 5.41) is 21.4. The lowest BCUT2D eigenvalue weighted by atomic mass is 9.99. The highest BCUT2D eigenvalue weighted by molar-refractivity contribution is 7.57. The quantitative estimate of drug-likeness (QED) is 0.570. The van der Waals surface area contributed by atoms with Gasteiger partial charge in [-0.1, -0.05) is 0 Å². The van der Waals surface area contributed by atoms with Gasteiger partial charge < -0.3 is 29.7 Å². The van der Waals surface area contributed by atoms with Gasteiger partial charge in [-0.15, -0.1) is 0 Å². The number of rotatable bonds is 7. The van der Waals surface area contributed by atoms with Crippen LogP contribution in [0, 0.1) is 0 Å². The minimum atomic E-state index is -3.53. The lowest BCUT2D eigenvalue weighted by Gasteiger charge is -2.24. The van der Waals surface area contributed by atoms with Crippen molar-refractivity contribution < 1.29 is 28.6 Å². The second-order valence-corrected chi connectivity index (χ2v) is 7.81. The highest BCUT2D eigenvalue weighted by atomic mass is 31.2. The molecule has 1 aliphatic heterocycles. The van der Waals surface area contributed by atoms with Gasteiger partial charge in [0, 0.05) is 5.82 Å². The molecule has 1 saturated heterocycles. The standard InChI is InChI=1S/C15H22N5O6P/c1-3-25-27(23,26-4-2)6-5-15(22)7-24-14(11(15)21)20-9-19-10-12(16)17-8-18-13(10)20/h5-6,8-9,11,14,21-22H,3-4,7H2,1-2H3,(H2,16,17,18)/b6-5+/t11-,14+,15+/m0/s1. The van der Waals surface area contributed by atoms with Gasteiger partial charge in [-0.05, 0) is 19.9 Å². The Morgan fingerprint density at radius 2 is 2.11 bits per heavy atom. The third-order valence-electron chi connectivity index (χ3n) is 4.09. The summed E-state index contributed by atoms with van der Waals surface area (Å²) in [6.45, 7) is 3.45. The van der Waals surface area contributed by atoms with Crippen molar-refractivity contribution in [1.29, 1.82) is 0 Å². The fraction of sp³-hybridized carbons (Fsp3) is 0.533. The predicted molar refractivity (Wildman–Crippen MR) is 95.7 cm³/mol. The van der Waals surface area contributed by atoms with Gasteiger partial charge in [0.1, 0.15) is 23.5 Å². The van der Waals surface area contributed by atoms with Gasteiger partial charge >= 0.3 is 7.60 Å². The number of nitrogens with two attached hydrogens (primary N) is 1. The lowest BCUT2D eigenvalue weighted by molar-refractivity contribution is -0.0357. The van der Waals surface area contributed by atoms with Gasteiger partial charge in [-0.25, -0.2) is 15.0 Å². The average Bonchev–Trinajstić information content (AvgIpc) is 3.17. The molecule has 0 aromatic carbocycles. The third-order valence-corrected chi connectivity index (χ3v) is 5.84. The van der Waals surface area contributed by atoms with Crippen LogP contribution in [-0.2, 0) is 18.3 Å². The van der Waals surface area contributed by atoms with Crippen LogP contribution >= 0.6 is 7.60 Å². The summed E-state index contributed by atoms with van der Waals surface area (Å²) in [5.41, 5.74) is 4.67. The number of anilines is 1. The van der Waals surface area contributed by atoms with Crippen molar-refractivity contribution in [3.8, 4) is 0 Å². The van der Waals surface area contributed by atoms with E-state index in [0.29, 0.717) is 11.2 Å². The minimum absolute atomic E-state index is 0.171. The van der Waals surface area contributed by atoms with E-state index in [1.54, 1.807) is 13.8 Å². The van der Waals surface area contributed by atoms with Crippen LogP contribution in [0.5, 0.6) is 0 Å². The fourth-order valence-corrected chi connectivity index (χ4v) is 4.19. The zero-order valence-corrected chi connectivity index (χ0v) is 15.8. The molecular formula is C15H22N5O6P. The molecule has 0 spiro atoms. The van der Waals surface area contributed by atoms with Gasteiger partial charge in [-0.2, -0.15) is 0 Å². The van der Waals surface area contributed by atoms with Gasteiger partial charge in [0.15, 0.2) is 17.7 Å². The Morgan fingerprint density at radius 3 is 2.78 bits per heavy atom. The molecule has 3 rings (SSSR count). The molecule has 3 atom stereocenters. The van der Waals surface area contributed by atoms with Crippen molar-refractivity contribution in [1.82, 2.24) is 19.5 Å². The summed E-state index contributed by atoms with van der Waals surface area (Å²) in [6, 6.07) is 0. The Kier molecular flexibility index (Phi) is 5.61. The molecule has 148 valence electrons. The molecule has 11 nitrogen and oxygen atoms in total. The smallest absolute Gasteiger partial charge is 0.353 e. The maximum atomic E-state index is 12.5.